The molecule has 116 valence electrons. The second-order valence-electron chi connectivity index (χ2n) is 5.29. The number of benzene rings is 1. The number of piperidine rings is 1. The van der Waals surface area contributed by atoms with Gasteiger partial charge in [-0.05, 0) is 32.0 Å². The number of para-hydroxylation sites is 1. The molecule has 1 N–H and O–H groups in total. The molecule has 1 aromatic rings. The average molecular weight is 293 g/mol. The Morgan fingerprint density at radius 2 is 1.95 bits per heavy atom. The number of rotatable bonds is 6. The highest BCUT2D eigenvalue weighted by atomic mass is 16.5. The Balaban J connectivity index is 2.37. The summed E-state index contributed by atoms with van der Waals surface area (Å²) in [7, 11) is 3.18. The van der Waals surface area contributed by atoms with Gasteiger partial charge in [-0.3, -0.25) is 9.69 Å². The van der Waals surface area contributed by atoms with Gasteiger partial charge in [0.25, 0.3) is 0 Å². The number of hydrogen-bond donors (Lipinski definition) is 1. The topological polar surface area (TPSA) is 59.0 Å². The smallest absolute Gasteiger partial charge is 0.305 e. The number of likely N-dealkylation sites (tertiary alicyclic amines) is 1. The molecular formula is C16H23NO4. The van der Waals surface area contributed by atoms with Crippen molar-refractivity contribution in [2.24, 2.45) is 0 Å². The van der Waals surface area contributed by atoms with E-state index < -0.39 is 5.97 Å². The van der Waals surface area contributed by atoms with Gasteiger partial charge in [0.1, 0.15) is 0 Å². The Labute approximate surface area is 125 Å². The van der Waals surface area contributed by atoms with Crippen LogP contribution in [0.2, 0.25) is 0 Å². The van der Waals surface area contributed by atoms with Gasteiger partial charge < -0.3 is 14.6 Å². The van der Waals surface area contributed by atoms with Crippen LogP contribution in [0.1, 0.15) is 37.3 Å². The number of carboxylic acids is 1. The van der Waals surface area contributed by atoms with Crippen molar-refractivity contribution in [2.45, 2.75) is 31.7 Å². The van der Waals surface area contributed by atoms with Gasteiger partial charge in [-0.1, -0.05) is 18.6 Å². The Kier molecular flexibility index (Phi) is 5.44. The molecule has 0 radical (unpaired) electrons. The first kappa shape index (κ1) is 15.6. The number of carbonyl (C=O) groups is 1. The van der Waals surface area contributed by atoms with Crippen LogP contribution in [0.5, 0.6) is 11.5 Å². The van der Waals surface area contributed by atoms with Crippen LogP contribution in [0.4, 0.5) is 0 Å². The minimum atomic E-state index is -0.796. The maximum Gasteiger partial charge on any atom is 0.305 e. The highest BCUT2D eigenvalue weighted by Crippen LogP contribution is 2.39. The molecular weight excluding hydrogens is 270 g/mol. The standard InChI is InChI=1S/C16H23NO4/c1-20-14-8-6-7-12(16(14)21-2)13(11-15(18)19)17-9-4-3-5-10-17/h6-8,13H,3-5,9-11H2,1-2H3,(H,18,19). The predicted molar refractivity (Wildman–Crippen MR) is 80.0 cm³/mol. The van der Waals surface area contributed by atoms with E-state index in [1.807, 2.05) is 18.2 Å². The third-order valence-corrected chi connectivity index (χ3v) is 3.99. The van der Waals surface area contributed by atoms with Crippen LogP contribution >= 0.6 is 0 Å². The van der Waals surface area contributed by atoms with Gasteiger partial charge in [0.2, 0.25) is 0 Å². The van der Waals surface area contributed by atoms with E-state index in [-0.39, 0.29) is 12.5 Å². The second kappa shape index (κ2) is 7.31. The molecule has 5 nitrogen and oxygen atoms in total. The predicted octanol–water partition coefficient (Wildman–Crippen LogP) is 2.71. The summed E-state index contributed by atoms with van der Waals surface area (Å²) in [6.07, 6.45) is 3.51. The van der Waals surface area contributed by atoms with Crippen molar-refractivity contribution in [3.8, 4) is 11.5 Å². The summed E-state index contributed by atoms with van der Waals surface area (Å²) in [5.41, 5.74) is 0.890. The van der Waals surface area contributed by atoms with Crippen molar-refractivity contribution in [3.05, 3.63) is 23.8 Å². The van der Waals surface area contributed by atoms with E-state index in [9.17, 15) is 9.90 Å². The molecule has 0 bridgehead atoms. The van der Waals surface area contributed by atoms with E-state index in [1.165, 1.54) is 6.42 Å². The number of carboxylic acid groups (broad SMARTS) is 1. The van der Waals surface area contributed by atoms with Gasteiger partial charge in [0.05, 0.1) is 20.6 Å². The Morgan fingerprint density at radius 3 is 2.52 bits per heavy atom. The number of ether oxygens (including phenoxy) is 2. The van der Waals surface area contributed by atoms with Crippen LogP contribution < -0.4 is 9.47 Å². The maximum absolute atomic E-state index is 11.3. The molecule has 0 aromatic heterocycles. The molecule has 0 amide bonds. The van der Waals surface area contributed by atoms with E-state index in [4.69, 9.17) is 9.47 Å². The zero-order valence-corrected chi connectivity index (χ0v) is 12.7. The molecule has 5 heteroatoms. The second-order valence-corrected chi connectivity index (χ2v) is 5.29. The molecule has 0 spiro atoms. The zero-order chi connectivity index (χ0) is 15.2. The summed E-state index contributed by atoms with van der Waals surface area (Å²) in [6, 6.07) is 5.47. The minimum absolute atomic E-state index is 0.0729. The molecule has 1 aromatic carbocycles. The lowest BCUT2D eigenvalue weighted by atomic mass is 9.97. The highest BCUT2D eigenvalue weighted by molar-refractivity contribution is 5.68. The molecule has 0 saturated carbocycles. The number of nitrogens with zero attached hydrogens (tertiary/aromatic N) is 1. The molecule has 1 fully saturated rings. The van der Waals surface area contributed by atoms with Crippen LogP contribution in [0.25, 0.3) is 0 Å². The van der Waals surface area contributed by atoms with Crippen LogP contribution in [-0.2, 0) is 4.79 Å². The van der Waals surface area contributed by atoms with Crippen LogP contribution in [0.3, 0.4) is 0 Å². The molecule has 21 heavy (non-hydrogen) atoms. The molecule has 1 aliphatic rings. The van der Waals surface area contributed by atoms with Gasteiger partial charge in [-0.15, -0.1) is 0 Å². The summed E-state index contributed by atoms with van der Waals surface area (Å²) >= 11 is 0. The zero-order valence-electron chi connectivity index (χ0n) is 12.7. The van der Waals surface area contributed by atoms with Gasteiger partial charge in [-0.25, -0.2) is 0 Å². The highest BCUT2D eigenvalue weighted by Gasteiger charge is 2.28. The van der Waals surface area contributed by atoms with E-state index in [0.29, 0.717) is 11.5 Å². The largest absolute Gasteiger partial charge is 0.493 e. The van der Waals surface area contributed by atoms with Crippen molar-refractivity contribution in [1.29, 1.82) is 0 Å². The SMILES string of the molecule is COc1cccc(C(CC(=O)O)N2CCCCC2)c1OC. The lowest BCUT2D eigenvalue weighted by molar-refractivity contribution is -0.138. The number of hydrogen-bond acceptors (Lipinski definition) is 4. The van der Waals surface area contributed by atoms with E-state index >= 15 is 0 Å². The van der Waals surface area contributed by atoms with Crippen molar-refractivity contribution in [1.82, 2.24) is 4.90 Å². The first-order valence-corrected chi connectivity index (χ1v) is 7.34. The lowest BCUT2D eigenvalue weighted by Crippen LogP contribution is -2.35. The Morgan fingerprint density at radius 1 is 1.24 bits per heavy atom. The molecule has 1 atom stereocenters. The van der Waals surface area contributed by atoms with Crippen LogP contribution in [0, 0.1) is 0 Å². The average Bonchev–Trinajstić information content (AvgIpc) is 2.52. The van der Waals surface area contributed by atoms with E-state index in [2.05, 4.69) is 4.90 Å². The van der Waals surface area contributed by atoms with Crippen LogP contribution in [0.15, 0.2) is 18.2 Å². The van der Waals surface area contributed by atoms with E-state index in [0.717, 1.165) is 31.5 Å². The summed E-state index contributed by atoms with van der Waals surface area (Å²) in [5, 5.41) is 9.27. The summed E-state index contributed by atoms with van der Waals surface area (Å²) in [5.74, 6) is 0.481. The molecule has 1 unspecified atom stereocenters. The molecule has 1 heterocycles. The Hall–Kier alpha value is -1.75. The van der Waals surface area contributed by atoms with Gasteiger partial charge in [0, 0.05) is 11.6 Å². The van der Waals surface area contributed by atoms with Gasteiger partial charge in [0.15, 0.2) is 11.5 Å². The lowest BCUT2D eigenvalue weighted by Gasteiger charge is -2.34. The fraction of sp³-hybridized carbons (Fsp3) is 0.562. The van der Waals surface area contributed by atoms with Crippen molar-refractivity contribution < 1.29 is 19.4 Å². The Bertz CT molecular complexity index is 483. The molecule has 1 aliphatic heterocycles. The first-order chi connectivity index (χ1) is 10.2. The van der Waals surface area contributed by atoms with Crippen molar-refractivity contribution in [3.63, 3.8) is 0 Å². The first-order valence-electron chi connectivity index (χ1n) is 7.34. The number of aliphatic carboxylic acids is 1. The van der Waals surface area contributed by atoms with Gasteiger partial charge >= 0.3 is 5.97 Å². The third kappa shape index (κ3) is 3.67. The quantitative estimate of drug-likeness (QED) is 0.874. The van der Waals surface area contributed by atoms with Crippen molar-refractivity contribution >= 4 is 5.97 Å². The van der Waals surface area contributed by atoms with E-state index in [1.54, 1.807) is 14.2 Å². The monoisotopic (exact) mass is 293 g/mol. The normalized spacial score (nSPS) is 17.2. The number of methoxy groups -OCH3 is 2. The summed E-state index contributed by atoms with van der Waals surface area (Å²) < 4.78 is 10.8. The van der Waals surface area contributed by atoms with Crippen molar-refractivity contribution in [2.75, 3.05) is 27.3 Å². The summed E-state index contributed by atoms with van der Waals surface area (Å²) in [6.45, 7) is 1.86. The van der Waals surface area contributed by atoms with Gasteiger partial charge in [-0.2, -0.15) is 0 Å². The molecule has 2 rings (SSSR count). The fourth-order valence-corrected chi connectivity index (χ4v) is 3.01. The fourth-order valence-electron chi connectivity index (χ4n) is 3.01. The maximum atomic E-state index is 11.3. The molecule has 1 saturated heterocycles. The summed E-state index contributed by atoms with van der Waals surface area (Å²) in [4.78, 5) is 13.5. The third-order valence-electron chi connectivity index (χ3n) is 3.99. The van der Waals surface area contributed by atoms with Crippen LogP contribution in [-0.4, -0.2) is 43.3 Å². The molecule has 0 aliphatic carbocycles. The minimum Gasteiger partial charge on any atom is -0.493 e.